The summed E-state index contributed by atoms with van der Waals surface area (Å²) in [5.41, 5.74) is 8.78. The minimum absolute atomic E-state index is 0.146. The molecule has 5 heteroatoms. The molecule has 2 N–H and O–H groups in total. The lowest BCUT2D eigenvalue weighted by atomic mass is 9.90. The van der Waals surface area contributed by atoms with Crippen molar-refractivity contribution in [2.75, 3.05) is 25.4 Å². The predicted molar refractivity (Wildman–Crippen MR) is 105 cm³/mol. The van der Waals surface area contributed by atoms with Crippen LogP contribution in [0.3, 0.4) is 0 Å². The number of aryl methyl sites for hydroxylation is 1. The number of ether oxygens (including phenoxy) is 1. The third-order valence-electron chi connectivity index (χ3n) is 5.21. The highest BCUT2D eigenvalue weighted by atomic mass is 16.5. The molecule has 1 aliphatic rings. The van der Waals surface area contributed by atoms with E-state index in [4.69, 9.17) is 10.5 Å². The predicted octanol–water partition coefficient (Wildman–Crippen LogP) is 3.22. The van der Waals surface area contributed by atoms with Crippen LogP contribution in [-0.2, 0) is 16.0 Å². The zero-order valence-corrected chi connectivity index (χ0v) is 15.7. The van der Waals surface area contributed by atoms with Crippen molar-refractivity contribution in [2.24, 2.45) is 5.92 Å². The number of hydrogen-bond donors (Lipinski definition) is 1. The Kier molecular flexibility index (Phi) is 6.12. The van der Waals surface area contributed by atoms with Crippen LogP contribution in [0.25, 0.3) is 0 Å². The molecule has 0 atom stereocenters. The summed E-state index contributed by atoms with van der Waals surface area (Å²) in [6.07, 6.45) is 2.99. The Bertz CT molecular complexity index is 796. The standard InChI is InChI=1S/C22H26N2O3/c1-16-6-5-9-19(21(16)23)22(26)27-15-20(25)24-12-10-18(11-13-24)14-17-7-3-2-4-8-17/h2-9,18H,10-15,23H2,1H3. The lowest BCUT2D eigenvalue weighted by Gasteiger charge is -2.32. The number of anilines is 1. The Labute approximate surface area is 160 Å². The van der Waals surface area contributed by atoms with E-state index in [1.807, 2.05) is 19.1 Å². The number of amides is 1. The number of carbonyl (C=O) groups excluding carboxylic acids is 2. The van der Waals surface area contributed by atoms with Crippen LogP contribution < -0.4 is 5.73 Å². The van der Waals surface area contributed by atoms with Crippen LogP contribution in [0, 0.1) is 12.8 Å². The lowest BCUT2D eigenvalue weighted by Crippen LogP contribution is -2.41. The number of likely N-dealkylation sites (tertiary alicyclic amines) is 1. The van der Waals surface area contributed by atoms with E-state index in [0.29, 0.717) is 30.3 Å². The number of piperidine rings is 1. The third kappa shape index (κ3) is 4.88. The summed E-state index contributed by atoms with van der Waals surface area (Å²) in [6, 6.07) is 15.6. The molecule has 1 aliphatic heterocycles. The van der Waals surface area contributed by atoms with Gasteiger partial charge in [0.05, 0.1) is 5.56 Å². The first-order chi connectivity index (χ1) is 13.0. The maximum atomic E-state index is 12.4. The van der Waals surface area contributed by atoms with Gasteiger partial charge in [0.25, 0.3) is 5.91 Å². The van der Waals surface area contributed by atoms with Crippen LogP contribution in [0.4, 0.5) is 5.69 Å². The zero-order valence-electron chi connectivity index (χ0n) is 15.7. The van der Waals surface area contributed by atoms with E-state index >= 15 is 0 Å². The quantitative estimate of drug-likeness (QED) is 0.651. The van der Waals surface area contributed by atoms with E-state index in [9.17, 15) is 9.59 Å². The summed E-state index contributed by atoms with van der Waals surface area (Å²) in [4.78, 5) is 26.3. The molecule has 0 aromatic heterocycles. The van der Waals surface area contributed by atoms with Crippen LogP contribution in [-0.4, -0.2) is 36.5 Å². The van der Waals surface area contributed by atoms with Gasteiger partial charge in [0.1, 0.15) is 0 Å². The second-order valence-corrected chi connectivity index (χ2v) is 7.13. The number of esters is 1. The van der Waals surface area contributed by atoms with Gasteiger partial charge in [-0.25, -0.2) is 4.79 Å². The van der Waals surface area contributed by atoms with E-state index in [1.54, 1.807) is 17.0 Å². The third-order valence-corrected chi connectivity index (χ3v) is 5.21. The molecule has 1 amide bonds. The molecule has 0 spiro atoms. The molecule has 27 heavy (non-hydrogen) atoms. The molecule has 0 radical (unpaired) electrons. The van der Waals surface area contributed by atoms with Crippen molar-refractivity contribution in [3.63, 3.8) is 0 Å². The largest absolute Gasteiger partial charge is 0.452 e. The molecular formula is C22H26N2O3. The summed E-state index contributed by atoms with van der Waals surface area (Å²) >= 11 is 0. The number of para-hydroxylation sites is 1. The smallest absolute Gasteiger partial charge is 0.340 e. The van der Waals surface area contributed by atoms with Crippen molar-refractivity contribution < 1.29 is 14.3 Å². The molecule has 0 unspecified atom stereocenters. The van der Waals surface area contributed by atoms with Crippen molar-refractivity contribution in [1.29, 1.82) is 0 Å². The molecule has 2 aromatic rings. The Morgan fingerprint density at radius 2 is 1.78 bits per heavy atom. The minimum atomic E-state index is -0.552. The Morgan fingerprint density at radius 1 is 1.07 bits per heavy atom. The van der Waals surface area contributed by atoms with Gasteiger partial charge in [-0.15, -0.1) is 0 Å². The van der Waals surface area contributed by atoms with Crippen LogP contribution in [0.2, 0.25) is 0 Å². The number of benzene rings is 2. The van der Waals surface area contributed by atoms with Gasteiger partial charge in [-0.2, -0.15) is 0 Å². The number of nitrogen functional groups attached to an aromatic ring is 1. The average Bonchev–Trinajstić information content (AvgIpc) is 2.69. The Morgan fingerprint density at radius 3 is 2.48 bits per heavy atom. The second-order valence-electron chi connectivity index (χ2n) is 7.13. The van der Waals surface area contributed by atoms with E-state index in [0.717, 1.165) is 24.8 Å². The molecule has 0 bridgehead atoms. The van der Waals surface area contributed by atoms with Gasteiger partial charge in [0.15, 0.2) is 6.61 Å². The molecule has 5 nitrogen and oxygen atoms in total. The van der Waals surface area contributed by atoms with Gasteiger partial charge in [0, 0.05) is 18.8 Å². The molecule has 0 saturated carbocycles. The minimum Gasteiger partial charge on any atom is -0.452 e. The highest BCUT2D eigenvalue weighted by Crippen LogP contribution is 2.22. The van der Waals surface area contributed by atoms with Crippen molar-refractivity contribution in [3.05, 3.63) is 65.2 Å². The normalized spacial score (nSPS) is 14.8. The van der Waals surface area contributed by atoms with E-state index in [2.05, 4.69) is 24.3 Å². The van der Waals surface area contributed by atoms with Crippen LogP contribution in [0.15, 0.2) is 48.5 Å². The molecule has 2 aromatic carbocycles. The first kappa shape index (κ1) is 19.0. The van der Waals surface area contributed by atoms with Gasteiger partial charge in [-0.3, -0.25) is 4.79 Å². The number of nitrogens with two attached hydrogens (primary N) is 1. The first-order valence-electron chi connectivity index (χ1n) is 9.38. The lowest BCUT2D eigenvalue weighted by molar-refractivity contribution is -0.135. The number of nitrogens with zero attached hydrogens (tertiary/aromatic N) is 1. The Hall–Kier alpha value is -2.82. The number of rotatable bonds is 5. The fraction of sp³-hybridized carbons (Fsp3) is 0.364. The number of hydrogen-bond acceptors (Lipinski definition) is 4. The molecule has 0 aliphatic carbocycles. The molecule has 1 saturated heterocycles. The summed E-state index contributed by atoms with van der Waals surface area (Å²) < 4.78 is 5.19. The number of carbonyl (C=O) groups is 2. The summed E-state index contributed by atoms with van der Waals surface area (Å²) in [7, 11) is 0. The first-order valence-corrected chi connectivity index (χ1v) is 9.38. The monoisotopic (exact) mass is 366 g/mol. The second kappa shape index (κ2) is 8.71. The van der Waals surface area contributed by atoms with Crippen molar-refractivity contribution >= 4 is 17.6 Å². The average molecular weight is 366 g/mol. The highest BCUT2D eigenvalue weighted by molar-refractivity contribution is 5.96. The van der Waals surface area contributed by atoms with Crippen LogP contribution in [0.1, 0.15) is 34.3 Å². The molecule has 3 rings (SSSR count). The van der Waals surface area contributed by atoms with Gasteiger partial charge >= 0.3 is 5.97 Å². The maximum absolute atomic E-state index is 12.4. The van der Waals surface area contributed by atoms with Crippen molar-refractivity contribution in [1.82, 2.24) is 4.90 Å². The fourth-order valence-corrected chi connectivity index (χ4v) is 3.49. The van der Waals surface area contributed by atoms with Crippen molar-refractivity contribution in [3.8, 4) is 0 Å². The van der Waals surface area contributed by atoms with Gasteiger partial charge in [-0.05, 0) is 49.3 Å². The summed E-state index contributed by atoms with van der Waals surface area (Å²) in [6.45, 7) is 3.01. The zero-order chi connectivity index (χ0) is 19.2. The van der Waals surface area contributed by atoms with Crippen LogP contribution >= 0.6 is 0 Å². The van der Waals surface area contributed by atoms with E-state index < -0.39 is 5.97 Å². The molecular weight excluding hydrogens is 340 g/mol. The summed E-state index contributed by atoms with van der Waals surface area (Å²) in [5.74, 6) is -0.109. The fourth-order valence-electron chi connectivity index (χ4n) is 3.49. The highest BCUT2D eigenvalue weighted by Gasteiger charge is 2.24. The molecule has 1 fully saturated rings. The summed E-state index contributed by atoms with van der Waals surface area (Å²) in [5, 5.41) is 0. The SMILES string of the molecule is Cc1cccc(C(=O)OCC(=O)N2CCC(Cc3ccccc3)CC2)c1N. The maximum Gasteiger partial charge on any atom is 0.340 e. The van der Waals surface area contributed by atoms with E-state index in [1.165, 1.54) is 5.56 Å². The van der Waals surface area contributed by atoms with Crippen molar-refractivity contribution in [2.45, 2.75) is 26.2 Å². The molecule has 1 heterocycles. The van der Waals surface area contributed by atoms with Crippen LogP contribution in [0.5, 0.6) is 0 Å². The van der Waals surface area contributed by atoms with Gasteiger partial charge in [-0.1, -0.05) is 42.5 Å². The van der Waals surface area contributed by atoms with Gasteiger partial charge < -0.3 is 15.4 Å². The Balaban J connectivity index is 1.45. The van der Waals surface area contributed by atoms with Gasteiger partial charge in [0.2, 0.25) is 0 Å². The molecule has 142 valence electrons. The topological polar surface area (TPSA) is 72.6 Å². The van der Waals surface area contributed by atoms with E-state index in [-0.39, 0.29) is 12.5 Å².